The second kappa shape index (κ2) is 4.88. The van der Waals surface area contributed by atoms with Crippen molar-refractivity contribution in [2.45, 2.75) is 11.1 Å². The van der Waals surface area contributed by atoms with Crippen molar-refractivity contribution in [2.24, 2.45) is 0 Å². The van der Waals surface area contributed by atoms with Gasteiger partial charge in [0.1, 0.15) is 0 Å². The molecular weight excluding hydrogens is 310 g/mol. The number of benzene rings is 1. The summed E-state index contributed by atoms with van der Waals surface area (Å²) in [6, 6.07) is 7.37. The van der Waals surface area contributed by atoms with E-state index < -0.39 is 10.0 Å². The van der Waals surface area contributed by atoms with E-state index in [2.05, 4.69) is 4.98 Å². The summed E-state index contributed by atoms with van der Waals surface area (Å²) in [5, 5.41) is 0. The smallest absolute Gasteiger partial charge is 0.306 e. The van der Waals surface area contributed by atoms with E-state index in [-0.39, 0.29) is 9.08 Å². The summed E-state index contributed by atoms with van der Waals surface area (Å²) in [4.78, 5) is 15.6. The molecule has 1 aliphatic rings. The third-order valence-corrected chi connectivity index (χ3v) is 6.90. The summed E-state index contributed by atoms with van der Waals surface area (Å²) < 4.78 is 27.2. The molecule has 2 aromatic rings. The van der Waals surface area contributed by atoms with Gasteiger partial charge in [0.15, 0.2) is 4.21 Å². The van der Waals surface area contributed by atoms with Gasteiger partial charge in [-0.05, 0) is 19.1 Å². The number of sulfonamides is 1. The zero-order chi connectivity index (χ0) is 15.2. The lowest BCUT2D eigenvalue weighted by atomic mass is 10.2. The van der Waals surface area contributed by atoms with Gasteiger partial charge in [-0.25, -0.2) is 8.42 Å². The zero-order valence-corrected chi connectivity index (χ0v) is 13.3. The number of nitrogens with one attached hydrogen (secondary N) is 1. The first-order valence-electron chi connectivity index (χ1n) is 6.44. The van der Waals surface area contributed by atoms with Gasteiger partial charge in [-0.2, -0.15) is 0 Å². The van der Waals surface area contributed by atoms with Crippen LogP contribution in [0.2, 0.25) is 0 Å². The zero-order valence-electron chi connectivity index (χ0n) is 11.7. The number of thiazole rings is 1. The van der Waals surface area contributed by atoms with Crippen molar-refractivity contribution in [3.8, 4) is 0 Å². The van der Waals surface area contributed by atoms with Crippen molar-refractivity contribution < 1.29 is 8.42 Å². The van der Waals surface area contributed by atoms with Crippen LogP contribution in [0.5, 0.6) is 0 Å². The lowest BCUT2D eigenvalue weighted by Crippen LogP contribution is -2.42. The van der Waals surface area contributed by atoms with E-state index in [1.54, 1.807) is 13.0 Å². The molecule has 0 atom stereocenters. The maximum atomic E-state index is 12.8. The minimum absolute atomic E-state index is 0.0897. The predicted molar refractivity (Wildman–Crippen MR) is 83.9 cm³/mol. The first-order valence-corrected chi connectivity index (χ1v) is 8.69. The number of aryl methyl sites for hydroxylation is 1. The van der Waals surface area contributed by atoms with E-state index in [1.165, 1.54) is 4.31 Å². The Balaban J connectivity index is 2.15. The summed E-state index contributed by atoms with van der Waals surface area (Å²) in [5.41, 5.74) is 1.90. The predicted octanol–water partition coefficient (Wildman–Crippen LogP) is 1.39. The molecule has 0 unspecified atom stereocenters. The van der Waals surface area contributed by atoms with Gasteiger partial charge in [0.05, 0.1) is 17.9 Å². The minimum Gasteiger partial charge on any atom is -0.371 e. The van der Waals surface area contributed by atoms with Crippen LogP contribution in [-0.4, -0.2) is 33.5 Å². The molecule has 1 aromatic carbocycles. The first-order chi connectivity index (χ1) is 9.91. The summed E-state index contributed by atoms with van der Waals surface area (Å²) in [5.74, 6) is 0. The molecule has 6 nitrogen and oxygen atoms in total. The SMILES string of the molecule is Cc1[nH]c(=O)sc1S(=O)(=O)N1CCN(C)c2ccccc21. The maximum absolute atomic E-state index is 12.8. The topological polar surface area (TPSA) is 73.5 Å². The van der Waals surface area contributed by atoms with E-state index in [0.717, 1.165) is 17.0 Å². The average molecular weight is 325 g/mol. The Morgan fingerprint density at radius 3 is 2.48 bits per heavy atom. The highest BCUT2D eigenvalue weighted by atomic mass is 32.2. The van der Waals surface area contributed by atoms with Gasteiger partial charge in [-0.15, -0.1) is 0 Å². The number of rotatable bonds is 2. The van der Waals surface area contributed by atoms with E-state index in [9.17, 15) is 13.2 Å². The highest BCUT2D eigenvalue weighted by molar-refractivity contribution is 7.94. The fourth-order valence-electron chi connectivity index (χ4n) is 2.47. The van der Waals surface area contributed by atoms with E-state index in [0.29, 0.717) is 24.5 Å². The number of anilines is 2. The summed E-state index contributed by atoms with van der Waals surface area (Å²) in [7, 11) is -1.78. The minimum atomic E-state index is -3.71. The summed E-state index contributed by atoms with van der Waals surface area (Å²) in [6.07, 6.45) is 0. The van der Waals surface area contributed by atoms with Crippen molar-refractivity contribution >= 4 is 32.7 Å². The molecule has 1 N–H and O–H groups in total. The van der Waals surface area contributed by atoms with E-state index >= 15 is 0 Å². The van der Waals surface area contributed by atoms with E-state index in [1.807, 2.05) is 30.1 Å². The molecule has 0 bridgehead atoms. The second-order valence-electron chi connectivity index (χ2n) is 4.91. The van der Waals surface area contributed by atoms with Gasteiger partial charge < -0.3 is 9.88 Å². The fraction of sp³-hybridized carbons (Fsp3) is 0.308. The third-order valence-electron chi connectivity index (χ3n) is 3.51. The van der Waals surface area contributed by atoms with Crippen LogP contribution in [-0.2, 0) is 10.0 Å². The van der Waals surface area contributed by atoms with Gasteiger partial charge in [-0.3, -0.25) is 9.10 Å². The molecule has 0 fully saturated rings. The monoisotopic (exact) mass is 325 g/mol. The molecule has 112 valence electrons. The second-order valence-corrected chi connectivity index (χ2v) is 7.96. The van der Waals surface area contributed by atoms with Crippen LogP contribution >= 0.6 is 11.3 Å². The van der Waals surface area contributed by atoms with Crippen molar-refractivity contribution in [1.82, 2.24) is 4.98 Å². The standard InChI is InChI=1S/C13H15N3O3S2/c1-9-12(20-13(17)14-9)21(18,19)16-8-7-15(2)10-5-3-4-6-11(10)16/h3-6H,7-8H2,1-2H3,(H,14,17). The quantitative estimate of drug-likeness (QED) is 0.905. The highest BCUT2D eigenvalue weighted by Crippen LogP contribution is 2.36. The Morgan fingerprint density at radius 2 is 1.86 bits per heavy atom. The molecule has 0 spiro atoms. The Kier molecular flexibility index (Phi) is 3.29. The van der Waals surface area contributed by atoms with Crippen LogP contribution in [0.15, 0.2) is 33.3 Å². The Morgan fingerprint density at radius 1 is 1.19 bits per heavy atom. The van der Waals surface area contributed by atoms with Gasteiger partial charge in [0.25, 0.3) is 10.0 Å². The molecule has 0 aliphatic carbocycles. The molecule has 8 heteroatoms. The number of aromatic nitrogens is 1. The Hall–Kier alpha value is -1.80. The number of H-pyrrole nitrogens is 1. The van der Waals surface area contributed by atoms with Crippen LogP contribution in [0.1, 0.15) is 5.69 Å². The maximum Gasteiger partial charge on any atom is 0.306 e. The lowest BCUT2D eigenvalue weighted by Gasteiger charge is -2.35. The van der Waals surface area contributed by atoms with Crippen molar-refractivity contribution in [2.75, 3.05) is 29.3 Å². The van der Waals surface area contributed by atoms with Crippen LogP contribution in [0.4, 0.5) is 11.4 Å². The number of para-hydroxylation sites is 2. The van der Waals surface area contributed by atoms with Gasteiger partial charge in [-0.1, -0.05) is 23.5 Å². The largest absolute Gasteiger partial charge is 0.371 e. The highest BCUT2D eigenvalue weighted by Gasteiger charge is 2.33. The van der Waals surface area contributed by atoms with Crippen LogP contribution in [0.25, 0.3) is 0 Å². The number of fused-ring (bicyclic) bond motifs is 1. The van der Waals surface area contributed by atoms with Crippen molar-refractivity contribution in [1.29, 1.82) is 0 Å². The average Bonchev–Trinajstić information content (AvgIpc) is 2.79. The third kappa shape index (κ3) is 2.24. The number of hydrogen-bond acceptors (Lipinski definition) is 5. The number of hydrogen-bond donors (Lipinski definition) is 1. The van der Waals surface area contributed by atoms with Crippen molar-refractivity contribution in [3.05, 3.63) is 39.6 Å². The van der Waals surface area contributed by atoms with Gasteiger partial charge >= 0.3 is 4.87 Å². The molecule has 0 saturated carbocycles. The van der Waals surface area contributed by atoms with Gasteiger partial charge in [0, 0.05) is 19.3 Å². The summed E-state index contributed by atoms with van der Waals surface area (Å²) in [6.45, 7) is 2.57. The van der Waals surface area contributed by atoms with Crippen molar-refractivity contribution in [3.63, 3.8) is 0 Å². The molecular formula is C13H15N3O3S2. The fourth-order valence-corrected chi connectivity index (χ4v) is 5.33. The molecule has 0 saturated heterocycles. The number of aromatic amines is 1. The molecule has 1 aliphatic heterocycles. The molecule has 3 rings (SSSR count). The molecule has 0 radical (unpaired) electrons. The normalized spacial score (nSPS) is 15.1. The molecule has 0 amide bonds. The van der Waals surface area contributed by atoms with Gasteiger partial charge in [0.2, 0.25) is 0 Å². The number of likely N-dealkylation sites (N-methyl/N-ethyl adjacent to an activating group) is 1. The van der Waals surface area contributed by atoms with Crippen LogP contribution in [0.3, 0.4) is 0 Å². The Labute approximate surface area is 126 Å². The van der Waals surface area contributed by atoms with Crippen LogP contribution < -0.4 is 14.1 Å². The first kappa shape index (κ1) is 14.2. The number of nitrogens with zero attached hydrogens (tertiary/aromatic N) is 2. The summed E-state index contributed by atoms with van der Waals surface area (Å²) >= 11 is 0.736. The Bertz CT molecular complexity index is 838. The molecule has 21 heavy (non-hydrogen) atoms. The lowest BCUT2D eigenvalue weighted by molar-refractivity contribution is 0.590. The van der Waals surface area contributed by atoms with Crippen LogP contribution in [0, 0.1) is 6.92 Å². The molecule has 2 heterocycles. The van der Waals surface area contributed by atoms with E-state index in [4.69, 9.17) is 0 Å². The molecule has 1 aromatic heterocycles.